The van der Waals surface area contributed by atoms with Crippen molar-refractivity contribution < 1.29 is 0 Å². The Morgan fingerprint density at radius 2 is 1.94 bits per heavy atom. The molecule has 2 atom stereocenters. The molecule has 2 aliphatic rings. The van der Waals surface area contributed by atoms with Crippen molar-refractivity contribution in [3.63, 3.8) is 0 Å². The zero-order valence-corrected chi connectivity index (χ0v) is 18.5. The van der Waals surface area contributed by atoms with E-state index in [0.29, 0.717) is 17.8 Å². The molecule has 1 N–H and O–H groups in total. The highest BCUT2D eigenvalue weighted by molar-refractivity contribution is 5.65. The zero-order valence-electron chi connectivity index (χ0n) is 18.5. The highest BCUT2D eigenvalue weighted by atomic mass is 15.3. The Balaban J connectivity index is 1.58. The van der Waals surface area contributed by atoms with Crippen molar-refractivity contribution in [2.45, 2.75) is 52.0 Å². The first-order valence-corrected chi connectivity index (χ1v) is 11.4. The molecule has 32 heavy (non-hydrogen) atoms. The number of anilines is 1. The van der Waals surface area contributed by atoms with E-state index < -0.39 is 0 Å². The molecule has 0 radical (unpaired) electrons. The number of imidazole rings is 1. The number of hydrogen-bond donors (Lipinski definition) is 1. The van der Waals surface area contributed by atoms with Gasteiger partial charge in [-0.25, -0.2) is 9.97 Å². The Hall–Kier alpha value is -3.55. The van der Waals surface area contributed by atoms with Gasteiger partial charge in [-0.05, 0) is 32.1 Å². The van der Waals surface area contributed by atoms with Crippen molar-refractivity contribution in [2.75, 3.05) is 5.32 Å². The molecule has 0 amide bonds. The number of nitrogens with zero attached hydrogens (tertiary/aromatic N) is 7. The Morgan fingerprint density at radius 3 is 2.69 bits per heavy atom. The molecule has 1 fully saturated rings. The highest BCUT2D eigenvalue weighted by Crippen LogP contribution is 2.46. The fraction of sp³-hybridized carbons (Fsp3) is 0.375. The van der Waals surface area contributed by atoms with E-state index in [0.717, 1.165) is 46.7 Å². The van der Waals surface area contributed by atoms with Crippen LogP contribution >= 0.6 is 0 Å². The average molecular weight is 427 g/mol. The van der Waals surface area contributed by atoms with Crippen LogP contribution in [0.3, 0.4) is 0 Å². The number of benzene rings is 1. The van der Waals surface area contributed by atoms with Gasteiger partial charge in [0.25, 0.3) is 0 Å². The minimum atomic E-state index is 0.0620. The monoisotopic (exact) mass is 426 g/mol. The molecule has 1 aromatic carbocycles. The first-order chi connectivity index (χ1) is 15.7. The van der Waals surface area contributed by atoms with Gasteiger partial charge in [-0.1, -0.05) is 44.2 Å². The number of rotatable bonds is 5. The molecule has 1 aliphatic carbocycles. The van der Waals surface area contributed by atoms with Crippen LogP contribution in [-0.2, 0) is 0 Å². The minimum Gasteiger partial charge on any atom is -0.358 e. The van der Waals surface area contributed by atoms with E-state index in [1.54, 1.807) is 6.20 Å². The summed E-state index contributed by atoms with van der Waals surface area (Å²) in [6.45, 7) is 6.43. The quantitative estimate of drug-likeness (QED) is 0.502. The Bertz CT molecular complexity index is 1280. The number of fused-ring (bicyclic) bond motifs is 3. The van der Waals surface area contributed by atoms with Crippen molar-refractivity contribution in [2.24, 2.45) is 5.92 Å². The van der Waals surface area contributed by atoms with Gasteiger partial charge in [-0.2, -0.15) is 4.98 Å². The highest BCUT2D eigenvalue weighted by Gasteiger charge is 2.37. The standard InChI is InChI=1S/C24H26N8/c1-4-18-23-30-29-15(3)32(23)20-19(14(2)16-10-11-16)27-24(28-21(20)26-18)31-13-12-25-22(31)17-8-6-5-7-9-17/h5-9,12-14,16,18H,4,10-11H2,1-3H3,(H,26,27,28)/t14?,18-/m1/s1. The fourth-order valence-corrected chi connectivity index (χ4v) is 4.69. The van der Waals surface area contributed by atoms with Crippen molar-refractivity contribution in [1.82, 2.24) is 34.3 Å². The summed E-state index contributed by atoms with van der Waals surface area (Å²) >= 11 is 0. The smallest absolute Gasteiger partial charge is 0.237 e. The molecule has 1 saturated carbocycles. The zero-order chi connectivity index (χ0) is 21.8. The maximum Gasteiger partial charge on any atom is 0.237 e. The molecule has 6 rings (SSSR count). The third-order valence-electron chi connectivity index (χ3n) is 6.65. The van der Waals surface area contributed by atoms with Crippen LogP contribution in [0.25, 0.3) is 23.0 Å². The number of aromatic nitrogens is 7. The van der Waals surface area contributed by atoms with Gasteiger partial charge in [0.05, 0.1) is 11.7 Å². The second kappa shape index (κ2) is 7.25. The van der Waals surface area contributed by atoms with Gasteiger partial charge >= 0.3 is 0 Å². The number of nitrogens with one attached hydrogen (secondary N) is 1. The van der Waals surface area contributed by atoms with E-state index in [9.17, 15) is 0 Å². The number of aryl methyl sites for hydroxylation is 1. The molecular weight excluding hydrogens is 400 g/mol. The molecule has 0 bridgehead atoms. The van der Waals surface area contributed by atoms with E-state index in [-0.39, 0.29) is 6.04 Å². The van der Waals surface area contributed by atoms with E-state index >= 15 is 0 Å². The van der Waals surface area contributed by atoms with Crippen LogP contribution in [0.4, 0.5) is 5.82 Å². The molecule has 0 saturated heterocycles. The molecule has 1 aliphatic heterocycles. The molecular formula is C24H26N8. The van der Waals surface area contributed by atoms with Crippen LogP contribution in [0.2, 0.25) is 0 Å². The first kappa shape index (κ1) is 19.2. The lowest BCUT2D eigenvalue weighted by atomic mass is 9.99. The van der Waals surface area contributed by atoms with Crippen molar-refractivity contribution in [1.29, 1.82) is 0 Å². The van der Waals surface area contributed by atoms with Crippen LogP contribution in [-0.4, -0.2) is 34.3 Å². The van der Waals surface area contributed by atoms with E-state index in [2.05, 4.69) is 51.0 Å². The molecule has 0 spiro atoms. The van der Waals surface area contributed by atoms with Gasteiger partial charge in [0.1, 0.15) is 17.3 Å². The van der Waals surface area contributed by atoms with Crippen LogP contribution in [0.5, 0.6) is 0 Å². The summed E-state index contributed by atoms with van der Waals surface area (Å²) < 4.78 is 4.14. The summed E-state index contributed by atoms with van der Waals surface area (Å²) in [5, 5.41) is 12.5. The lowest BCUT2D eigenvalue weighted by Crippen LogP contribution is -2.26. The maximum absolute atomic E-state index is 5.14. The Labute approximate surface area is 186 Å². The minimum absolute atomic E-state index is 0.0620. The molecule has 3 aromatic heterocycles. The lowest BCUT2D eigenvalue weighted by molar-refractivity contribution is 0.606. The van der Waals surface area contributed by atoms with E-state index in [4.69, 9.17) is 9.97 Å². The summed E-state index contributed by atoms with van der Waals surface area (Å²) in [5.41, 5.74) is 3.08. The Morgan fingerprint density at radius 1 is 1.12 bits per heavy atom. The lowest BCUT2D eigenvalue weighted by Gasteiger charge is -2.29. The topological polar surface area (TPSA) is 86.3 Å². The molecule has 162 valence electrons. The van der Waals surface area contributed by atoms with Crippen LogP contribution in [0.15, 0.2) is 42.7 Å². The van der Waals surface area contributed by atoms with Crippen molar-refractivity contribution >= 4 is 5.82 Å². The van der Waals surface area contributed by atoms with E-state index in [1.165, 1.54) is 12.8 Å². The first-order valence-electron chi connectivity index (χ1n) is 11.4. The SMILES string of the molecule is CC[C@H]1Nc2nc(-n3ccnc3-c3ccccc3)nc(C(C)C3CC3)c2-n2c(C)nnc21. The largest absolute Gasteiger partial charge is 0.358 e. The molecule has 8 heteroatoms. The van der Waals surface area contributed by atoms with Gasteiger partial charge in [0.2, 0.25) is 5.95 Å². The van der Waals surface area contributed by atoms with Crippen LogP contribution in [0, 0.1) is 12.8 Å². The third kappa shape index (κ3) is 2.93. The summed E-state index contributed by atoms with van der Waals surface area (Å²) in [5.74, 6) is 5.09. The van der Waals surface area contributed by atoms with Gasteiger partial charge < -0.3 is 5.32 Å². The second-order valence-corrected chi connectivity index (χ2v) is 8.77. The van der Waals surface area contributed by atoms with Crippen LogP contribution in [0.1, 0.15) is 62.4 Å². The normalized spacial score (nSPS) is 18.0. The van der Waals surface area contributed by atoms with Crippen molar-refractivity contribution in [3.8, 4) is 23.0 Å². The summed E-state index contributed by atoms with van der Waals surface area (Å²) in [6.07, 6.45) is 7.12. The van der Waals surface area contributed by atoms with Gasteiger partial charge in [-0.3, -0.25) is 9.13 Å². The fourth-order valence-electron chi connectivity index (χ4n) is 4.69. The summed E-state index contributed by atoms with van der Waals surface area (Å²) in [4.78, 5) is 14.8. The average Bonchev–Trinajstić information content (AvgIpc) is 3.43. The molecule has 1 unspecified atom stereocenters. The molecule has 4 heterocycles. The predicted molar refractivity (Wildman–Crippen MR) is 122 cm³/mol. The van der Waals surface area contributed by atoms with Crippen molar-refractivity contribution in [3.05, 3.63) is 60.1 Å². The second-order valence-electron chi connectivity index (χ2n) is 8.77. The third-order valence-corrected chi connectivity index (χ3v) is 6.65. The van der Waals surface area contributed by atoms with E-state index in [1.807, 2.05) is 35.9 Å². The van der Waals surface area contributed by atoms with Crippen LogP contribution < -0.4 is 5.32 Å². The Kier molecular flexibility index (Phi) is 4.34. The summed E-state index contributed by atoms with van der Waals surface area (Å²) in [7, 11) is 0. The van der Waals surface area contributed by atoms with Gasteiger partial charge in [0, 0.05) is 23.9 Å². The number of hydrogen-bond acceptors (Lipinski definition) is 6. The van der Waals surface area contributed by atoms with Gasteiger partial charge in [-0.15, -0.1) is 10.2 Å². The molecule has 8 nitrogen and oxygen atoms in total. The van der Waals surface area contributed by atoms with Gasteiger partial charge in [0.15, 0.2) is 11.6 Å². The molecule has 4 aromatic rings. The predicted octanol–water partition coefficient (Wildman–Crippen LogP) is 4.61. The maximum atomic E-state index is 5.14. The summed E-state index contributed by atoms with van der Waals surface area (Å²) in [6, 6.07) is 10.2.